The Morgan fingerprint density at radius 2 is 1.85 bits per heavy atom. The SMILES string of the molecule is COc1ccc([C@H]2C3=CC[C@@H]4C(=O)N(CCC(=O)O)C(=O)[C@@H]4[C@@H]3C[C@H]3C(=O)N(c4cc(-c5sc6ccc(Cl)cc6c5C)nn4C)C(=O)[C@@]23C)cc1O. The van der Waals surface area contributed by atoms with Crippen LogP contribution < -0.4 is 9.64 Å². The normalized spacial score (nSPS) is 26.9. The number of carboxylic acid groups (broad SMARTS) is 1. The number of likely N-dealkylation sites (tertiary alicyclic amines) is 1. The first-order chi connectivity index (χ1) is 24.8. The summed E-state index contributed by atoms with van der Waals surface area (Å²) in [7, 11) is 3.11. The number of amides is 4. The number of thiophene rings is 1. The first kappa shape index (κ1) is 34.1. The minimum absolute atomic E-state index is 0.135. The number of ether oxygens (including phenoxy) is 1. The highest BCUT2D eigenvalue weighted by atomic mass is 35.5. The number of allylic oxidation sites excluding steroid dienone is 2. The lowest BCUT2D eigenvalue weighted by molar-refractivity contribution is -0.142. The van der Waals surface area contributed by atoms with Crippen molar-refractivity contribution < 1.29 is 38.9 Å². The Bertz CT molecular complexity index is 2290. The first-order valence-electron chi connectivity index (χ1n) is 17.0. The van der Waals surface area contributed by atoms with Gasteiger partial charge in [-0.25, -0.2) is 4.90 Å². The molecule has 3 fully saturated rings. The van der Waals surface area contributed by atoms with Gasteiger partial charge in [-0.2, -0.15) is 5.10 Å². The van der Waals surface area contributed by atoms with Gasteiger partial charge in [-0.3, -0.25) is 33.6 Å². The number of imide groups is 2. The molecule has 1 saturated carbocycles. The molecule has 2 aliphatic carbocycles. The molecule has 2 aromatic heterocycles. The zero-order valence-corrected chi connectivity index (χ0v) is 30.3. The van der Waals surface area contributed by atoms with Crippen LogP contribution in [-0.2, 0) is 31.0 Å². The van der Waals surface area contributed by atoms with Gasteiger partial charge in [0.1, 0.15) is 11.5 Å². The molecule has 4 aromatic rings. The largest absolute Gasteiger partial charge is 0.504 e. The van der Waals surface area contributed by atoms with Gasteiger partial charge in [-0.1, -0.05) is 29.3 Å². The van der Waals surface area contributed by atoms with Crippen molar-refractivity contribution in [2.45, 2.75) is 39.0 Å². The van der Waals surface area contributed by atoms with Crippen molar-refractivity contribution in [2.24, 2.45) is 36.1 Å². The van der Waals surface area contributed by atoms with Crippen LogP contribution in [0.25, 0.3) is 20.7 Å². The van der Waals surface area contributed by atoms with E-state index in [9.17, 15) is 34.2 Å². The molecule has 0 unspecified atom stereocenters. The molecule has 8 rings (SSSR count). The predicted molar refractivity (Wildman–Crippen MR) is 192 cm³/mol. The average molecular weight is 743 g/mol. The number of anilines is 1. The fraction of sp³-hybridized carbons (Fsp3) is 0.368. The molecule has 2 saturated heterocycles. The summed E-state index contributed by atoms with van der Waals surface area (Å²) in [5, 5.41) is 26.6. The number of hydrogen-bond donors (Lipinski definition) is 2. The lowest BCUT2D eigenvalue weighted by Crippen LogP contribution is -2.49. The number of rotatable bonds is 7. The molecule has 0 bridgehead atoms. The molecule has 4 aliphatic rings. The van der Waals surface area contributed by atoms with Gasteiger partial charge < -0.3 is 14.9 Å². The fourth-order valence-electron chi connectivity index (χ4n) is 9.21. The Labute approximate surface area is 307 Å². The number of aromatic hydroxyl groups is 1. The number of nitrogens with zero attached hydrogens (tertiary/aromatic N) is 4. The summed E-state index contributed by atoms with van der Waals surface area (Å²) >= 11 is 7.83. The number of aromatic nitrogens is 2. The Hall–Kier alpha value is -5.01. The van der Waals surface area contributed by atoms with Gasteiger partial charge >= 0.3 is 5.97 Å². The second-order valence-electron chi connectivity index (χ2n) is 14.3. The van der Waals surface area contributed by atoms with Crippen molar-refractivity contribution in [1.82, 2.24) is 14.7 Å². The second-order valence-corrected chi connectivity index (χ2v) is 15.8. The molecule has 268 valence electrons. The second kappa shape index (κ2) is 12.0. The minimum atomic E-state index is -1.34. The van der Waals surface area contributed by atoms with Crippen molar-refractivity contribution in [3.05, 3.63) is 70.3 Å². The smallest absolute Gasteiger partial charge is 0.305 e. The molecule has 2 N–H and O–H groups in total. The third-order valence-corrected chi connectivity index (χ3v) is 13.2. The molecule has 4 heterocycles. The summed E-state index contributed by atoms with van der Waals surface area (Å²) in [6, 6.07) is 12.3. The molecule has 4 amide bonds. The van der Waals surface area contributed by atoms with Crippen LogP contribution in [0.15, 0.2) is 54.1 Å². The van der Waals surface area contributed by atoms with E-state index in [1.165, 1.54) is 22.8 Å². The summed E-state index contributed by atoms with van der Waals surface area (Å²) in [4.78, 5) is 71.6. The number of phenols is 1. The number of carbonyl (C=O) groups excluding carboxylic acids is 4. The average Bonchev–Trinajstić information content (AvgIpc) is 3.77. The van der Waals surface area contributed by atoms with Gasteiger partial charge in [-0.15, -0.1) is 11.3 Å². The number of carbonyl (C=O) groups is 5. The van der Waals surface area contributed by atoms with Crippen LogP contribution in [0, 0.1) is 36.0 Å². The highest BCUT2D eigenvalue weighted by Gasteiger charge is 2.68. The van der Waals surface area contributed by atoms with E-state index >= 15 is 0 Å². The summed E-state index contributed by atoms with van der Waals surface area (Å²) in [6.07, 6.45) is 1.89. The lowest BCUT2D eigenvalue weighted by atomic mass is 9.51. The molecular formula is C38H35ClN4O8S. The molecule has 2 aromatic carbocycles. The van der Waals surface area contributed by atoms with E-state index in [0.717, 1.165) is 31.0 Å². The number of halogens is 1. The number of phenolic OH excluding ortho intramolecular Hbond substituents is 1. The highest BCUT2D eigenvalue weighted by molar-refractivity contribution is 7.22. The first-order valence-corrected chi connectivity index (χ1v) is 18.2. The van der Waals surface area contributed by atoms with Crippen molar-refractivity contribution >= 4 is 68.4 Å². The van der Waals surface area contributed by atoms with Crippen LogP contribution in [0.5, 0.6) is 11.5 Å². The minimum Gasteiger partial charge on any atom is -0.504 e. The summed E-state index contributed by atoms with van der Waals surface area (Å²) in [5.41, 5.74) is 1.55. The van der Waals surface area contributed by atoms with Crippen molar-refractivity contribution in [3.63, 3.8) is 0 Å². The number of hydrogen-bond acceptors (Lipinski definition) is 9. The van der Waals surface area contributed by atoms with Crippen LogP contribution in [0.1, 0.15) is 43.2 Å². The van der Waals surface area contributed by atoms with Crippen molar-refractivity contribution in [2.75, 3.05) is 18.6 Å². The Morgan fingerprint density at radius 1 is 1.08 bits per heavy atom. The van der Waals surface area contributed by atoms with E-state index in [-0.39, 0.29) is 37.3 Å². The van der Waals surface area contributed by atoms with E-state index in [2.05, 4.69) is 0 Å². The lowest BCUT2D eigenvalue weighted by Gasteiger charge is -2.49. The predicted octanol–water partition coefficient (Wildman–Crippen LogP) is 5.68. The van der Waals surface area contributed by atoms with Gasteiger partial charge in [0, 0.05) is 35.3 Å². The Morgan fingerprint density at radius 3 is 2.56 bits per heavy atom. The fourth-order valence-corrected chi connectivity index (χ4v) is 10.5. The molecule has 52 heavy (non-hydrogen) atoms. The number of aliphatic carboxylic acids is 1. The molecule has 14 heteroatoms. The number of aryl methyl sites for hydroxylation is 2. The Balaban J connectivity index is 1.23. The van der Waals surface area contributed by atoms with Crippen molar-refractivity contribution in [3.8, 4) is 22.1 Å². The standard InChI is InChI=1S/C38H35ClN4O8S/c1-17-22-14-19(39)6-10-28(22)52-33(17)25-16-29(41(3)40-25)43-35(48)24-15-23-20(7-8-21-31(23)36(49)42(34(21)47)12-11-30(45)46)32(38(24,2)37(43)50)18-5-9-27(51-4)26(44)13-18/h5-7,9-10,13-14,16,21,23-24,31-32,44H,8,11-12,15H2,1-4H3,(H,45,46)/t21-,23+,24-,31-,32-,38+/m0/s1. The molecule has 2 aliphatic heterocycles. The van der Waals surface area contributed by atoms with Crippen LogP contribution in [0.3, 0.4) is 0 Å². The van der Waals surface area contributed by atoms with E-state index in [1.807, 2.05) is 31.2 Å². The van der Waals surface area contributed by atoms with E-state index in [0.29, 0.717) is 22.1 Å². The van der Waals surface area contributed by atoms with Gasteiger partial charge in [0.05, 0.1) is 41.6 Å². The number of fused-ring (bicyclic) bond motifs is 5. The van der Waals surface area contributed by atoms with Crippen LogP contribution in [0.4, 0.5) is 5.82 Å². The number of methoxy groups -OCH3 is 1. The van der Waals surface area contributed by atoms with Crippen LogP contribution in [-0.4, -0.2) is 68.1 Å². The van der Waals surface area contributed by atoms with E-state index in [1.54, 1.807) is 43.5 Å². The zero-order chi connectivity index (χ0) is 37.0. The van der Waals surface area contributed by atoms with Crippen LogP contribution in [0.2, 0.25) is 5.02 Å². The number of benzene rings is 2. The monoisotopic (exact) mass is 742 g/mol. The topological polar surface area (TPSA) is 159 Å². The third-order valence-electron chi connectivity index (χ3n) is 11.7. The summed E-state index contributed by atoms with van der Waals surface area (Å²) in [6.45, 7) is 3.51. The van der Waals surface area contributed by atoms with Gasteiger partial charge in [0.25, 0.3) is 0 Å². The maximum atomic E-state index is 15.0. The third kappa shape index (κ3) is 4.78. The van der Waals surface area contributed by atoms with E-state index < -0.39 is 64.6 Å². The van der Waals surface area contributed by atoms with Gasteiger partial charge in [0.2, 0.25) is 23.6 Å². The van der Waals surface area contributed by atoms with Gasteiger partial charge in [0.15, 0.2) is 11.5 Å². The zero-order valence-electron chi connectivity index (χ0n) is 28.8. The molecule has 0 radical (unpaired) electrons. The summed E-state index contributed by atoms with van der Waals surface area (Å²) in [5.74, 6) is -6.22. The summed E-state index contributed by atoms with van der Waals surface area (Å²) < 4.78 is 7.85. The maximum Gasteiger partial charge on any atom is 0.305 e. The Kier molecular flexibility index (Phi) is 7.88. The molecular weight excluding hydrogens is 708 g/mol. The molecule has 0 spiro atoms. The van der Waals surface area contributed by atoms with E-state index in [4.69, 9.17) is 21.4 Å². The maximum absolute atomic E-state index is 15.0. The quantitative estimate of drug-likeness (QED) is 0.179. The molecule has 6 atom stereocenters. The highest BCUT2D eigenvalue weighted by Crippen LogP contribution is 2.64. The molecule has 12 nitrogen and oxygen atoms in total. The van der Waals surface area contributed by atoms with Gasteiger partial charge in [-0.05, 0) is 79.5 Å². The van der Waals surface area contributed by atoms with Crippen LogP contribution >= 0.6 is 22.9 Å². The van der Waals surface area contributed by atoms with Crippen molar-refractivity contribution in [1.29, 1.82) is 0 Å². The number of carboxylic acids is 1.